The molecule has 4 heteroatoms. The maximum Gasteiger partial charge on any atom is 0.184 e. The maximum absolute atomic E-state index is 12.9. The first-order valence-electron chi connectivity index (χ1n) is 4.93. The van der Waals surface area contributed by atoms with Crippen LogP contribution >= 0.6 is 0 Å². The van der Waals surface area contributed by atoms with Crippen molar-refractivity contribution in [2.24, 2.45) is 0 Å². The van der Waals surface area contributed by atoms with Gasteiger partial charge < -0.3 is 0 Å². The van der Waals surface area contributed by atoms with E-state index < -0.39 is 5.82 Å². The summed E-state index contributed by atoms with van der Waals surface area (Å²) in [6.07, 6.45) is 3.45. The summed E-state index contributed by atoms with van der Waals surface area (Å²) in [5, 5.41) is 4.01. The van der Waals surface area contributed by atoms with E-state index in [4.69, 9.17) is 0 Å². The fourth-order valence-corrected chi connectivity index (χ4v) is 1.45. The molecule has 0 N–H and O–H groups in total. The van der Waals surface area contributed by atoms with Crippen LogP contribution in [0.4, 0.5) is 4.39 Å². The molecule has 1 heterocycles. The van der Waals surface area contributed by atoms with E-state index in [2.05, 4.69) is 5.10 Å². The number of aryl methyl sites for hydroxylation is 1. The molecule has 0 aliphatic rings. The second-order valence-electron chi connectivity index (χ2n) is 3.65. The first-order chi connectivity index (χ1) is 7.65. The molecule has 1 aromatic carbocycles. The van der Waals surface area contributed by atoms with E-state index in [0.717, 1.165) is 5.56 Å². The van der Waals surface area contributed by atoms with Gasteiger partial charge in [-0.2, -0.15) is 5.10 Å². The fourth-order valence-electron chi connectivity index (χ4n) is 1.45. The smallest absolute Gasteiger partial charge is 0.184 e. The van der Waals surface area contributed by atoms with E-state index in [0.29, 0.717) is 5.56 Å². The van der Waals surface area contributed by atoms with Crippen LogP contribution in [0.3, 0.4) is 0 Å². The summed E-state index contributed by atoms with van der Waals surface area (Å²) in [6.45, 7) is 2.04. The molecule has 1 aromatic heterocycles. The summed E-state index contributed by atoms with van der Waals surface area (Å²) in [6, 6.07) is 5.67. The molecule has 0 aliphatic heterocycles. The van der Waals surface area contributed by atoms with Gasteiger partial charge in [0.25, 0.3) is 0 Å². The zero-order valence-corrected chi connectivity index (χ0v) is 8.85. The Morgan fingerprint density at radius 2 is 2.31 bits per heavy atom. The third kappa shape index (κ3) is 2.34. The van der Waals surface area contributed by atoms with Crippen LogP contribution in [-0.4, -0.2) is 15.6 Å². The van der Waals surface area contributed by atoms with E-state index in [1.165, 1.54) is 18.2 Å². The average Bonchev–Trinajstić information content (AvgIpc) is 2.64. The number of carbonyl (C=O) groups is 1. The van der Waals surface area contributed by atoms with E-state index in [1.807, 2.05) is 6.92 Å². The average molecular weight is 218 g/mol. The van der Waals surface area contributed by atoms with Crippen molar-refractivity contribution < 1.29 is 9.18 Å². The third-order valence-electron chi connectivity index (χ3n) is 2.21. The lowest BCUT2D eigenvalue weighted by Crippen LogP contribution is -2.10. The first-order valence-corrected chi connectivity index (χ1v) is 4.93. The summed E-state index contributed by atoms with van der Waals surface area (Å²) in [5.41, 5.74) is 1.36. The second kappa shape index (κ2) is 4.26. The normalized spacial score (nSPS) is 10.4. The molecule has 0 atom stereocenters. The van der Waals surface area contributed by atoms with E-state index in [9.17, 15) is 9.18 Å². The Morgan fingerprint density at radius 1 is 1.50 bits per heavy atom. The lowest BCUT2D eigenvalue weighted by Gasteiger charge is -2.01. The standard InChI is InChI=1S/C12H11FN2O/c1-9-6-14-15(7-9)8-12(16)10-3-2-4-11(13)5-10/h2-7H,8H2,1H3. The molecule has 0 bridgehead atoms. The van der Waals surface area contributed by atoms with Crippen LogP contribution in [0.5, 0.6) is 0 Å². The molecule has 2 rings (SSSR count). The molecule has 0 unspecified atom stereocenters. The van der Waals surface area contributed by atoms with Crippen LogP contribution in [0.2, 0.25) is 0 Å². The van der Waals surface area contributed by atoms with Crippen LogP contribution in [0, 0.1) is 12.7 Å². The number of hydrogen-bond donors (Lipinski definition) is 0. The summed E-state index contributed by atoms with van der Waals surface area (Å²) in [4.78, 5) is 11.7. The van der Waals surface area contributed by atoms with Crippen LogP contribution in [0.15, 0.2) is 36.7 Å². The lowest BCUT2D eigenvalue weighted by molar-refractivity contribution is 0.0967. The minimum Gasteiger partial charge on any atom is -0.292 e. The van der Waals surface area contributed by atoms with Gasteiger partial charge in [0, 0.05) is 11.8 Å². The van der Waals surface area contributed by atoms with Gasteiger partial charge in [-0.15, -0.1) is 0 Å². The first kappa shape index (κ1) is 10.5. The molecule has 0 saturated carbocycles. The largest absolute Gasteiger partial charge is 0.292 e. The van der Waals surface area contributed by atoms with Gasteiger partial charge >= 0.3 is 0 Å². The van der Waals surface area contributed by atoms with Gasteiger partial charge in [0.1, 0.15) is 12.4 Å². The molecule has 0 amide bonds. The minimum atomic E-state index is -0.400. The van der Waals surface area contributed by atoms with Crippen molar-refractivity contribution in [3.05, 3.63) is 53.6 Å². The van der Waals surface area contributed by atoms with Gasteiger partial charge in [-0.05, 0) is 24.6 Å². The Labute approximate surface area is 92.5 Å². The van der Waals surface area contributed by atoms with Crippen LogP contribution < -0.4 is 0 Å². The van der Waals surface area contributed by atoms with Crippen molar-refractivity contribution >= 4 is 5.78 Å². The van der Waals surface area contributed by atoms with Gasteiger partial charge in [0.05, 0.1) is 6.20 Å². The quantitative estimate of drug-likeness (QED) is 0.740. The van der Waals surface area contributed by atoms with E-state index >= 15 is 0 Å². The highest BCUT2D eigenvalue weighted by atomic mass is 19.1. The van der Waals surface area contributed by atoms with Crippen molar-refractivity contribution in [1.82, 2.24) is 9.78 Å². The molecule has 0 spiro atoms. The summed E-state index contributed by atoms with van der Waals surface area (Å²) in [5.74, 6) is -0.551. The number of hydrogen-bond acceptors (Lipinski definition) is 2. The second-order valence-corrected chi connectivity index (χ2v) is 3.65. The topological polar surface area (TPSA) is 34.9 Å². The molecule has 3 nitrogen and oxygen atoms in total. The minimum absolute atomic E-state index is 0.136. The van der Waals surface area contributed by atoms with Crippen molar-refractivity contribution in [2.45, 2.75) is 13.5 Å². The van der Waals surface area contributed by atoms with Gasteiger partial charge in [-0.25, -0.2) is 4.39 Å². The fraction of sp³-hybridized carbons (Fsp3) is 0.167. The van der Waals surface area contributed by atoms with Gasteiger partial charge in [-0.1, -0.05) is 12.1 Å². The predicted octanol–water partition coefficient (Wildman–Crippen LogP) is 2.21. The zero-order chi connectivity index (χ0) is 11.5. The Morgan fingerprint density at radius 3 is 2.94 bits per heavy atom. The molecular formula is C12H11FN2O. The summed E-state index contributed by atoms with van der Waals surface area (Å²) in [7, 11) is 0. The zero-order valence-electron chi connectivity index (χ0n) is 8.85. The molecule has 82 valence electrons. The molecule has 0 fully saturated rings. The summed E-state index contributed by atoms with van der Waals surface area (Å²) >= 11 is 0. The van der Waals surface area contributed by atoms with E-state index in [1.54, 1.807) is 23.1 Å². The molecular weight excluding hydrogens is 207 g/mol. The highest BCUT2D eigenvalue weighted by Gasteiger charge is 2.07. The number of benzene rings is 1. The van der Waals surface area contributed by atoms with Gasteiger partial charge in [0.15, 0.2) is 5.78 Å². The van der Waals surface area contributed by atoms with Crippen molar-refractivity contribution in [3.63, 3.8) is 0 Å². The highest BCUT2D eigenvalue weighted by molar-refractivity contribution is 5.95. The Bertz CT molecular complexity index is 519. The van der Waals surface area contributed by atoms with Crippen molar-refractivity contribution in [2.75, 3.05) is 0 Å². The Balaban J connectivity index is 2.14. The number of carbonyl (C=O) groups excluding carboxylic acids is 1. The Hall–Kier alpha value is -1.97. The van der Waals surface area contributed by atoms with E-state index in [-0.39, 0.29) is 12.3 Å². The number of rotatable bonds is 3. The Kier molecular flexibility index (Phi) is 2.81. The molecule has 0 aliphatic carbocycles. The SMILES string of the molecule is Cc1cnn(CC(=O)c2cccc(F)c2)c1. The number of halogens is 1. The van der Waals surface area contributed by atoms with Gasteiger partial charge in [-0.3, -0.25) is 9.48 Å². The molecule has 0 saturated heterocycles. The highest BCUT2D eigenvalue weighted by Crippen LogP contribution is 2.06. The molecule has 0 radical (unpaired) electrons. The number of nitrogens with zero attached hydrogens (tertiary/aromatic N) is 2. The van der Waals surface area contributed by atoms with Gasteiger partial charge in [0.2, 0.25) is 0 Å². The number of aromatic nitrogens is 2. The maximum atomic E-state index is 12.9. The lowest BCUT2D eigenvalue weighted by atomic mass is 10.1. The monoisotopic (exact) mass is 218 g/mol. The molecule has 16 heavy (non-hydrogen) atoms. The third-order valence-corrected chi connectivity index (χ3v) is 2.21. The van der Waals surface area contributed by atoms with Crippen molar-refractivity contribution in [1.29, 1.82) is 0 Å². The predicted molar refractivity (Wildman–Crippen MR) is 57.7 cm³/mol. The van der Waals surface area contributed by atoms with Crippen LogP contribution in [0.25, 0.3) is 0 Å². The number of ketones is 1. The van der Waals surface area contributed by atoms with Crippen LogP contribution in [-0.2, 0) is 6.54 Å². The van der Waals surface area contributed by atoms with Crippen LogP contribution in [0.1, 0.15) is 15.9 Å². The van der Waals surface area contributed by atoms with Crippen molar-refractivity contribution in [3.8, 4) is 0 Å². The number of Topliss-reactive ketones (excluding diaryl/α,β-unsaturated/α-hetero) is 1. The molecule has 2 aromatic rings. The summed E-state index contributed by atoms with van der Waals surface area (Å²) < 4.78 is 14.4.